The number of aryl methyl sites for hydroxylation is 1. The second kappa shape index (κ2) is 14.7. The normalized spacial score (nSPS) is 23.4. The predicted molar refractivity (Wildman–Crippen MR) is 145 cm³/mol. The first-order valence-corrected chi connectivity index (χ1v) is 14.5. The van der Waals surface area contributed by atoms with Gasteiger partial charge >= 0.3 is 0 Å². The number of rotatable bonds is 14. The summed E-state index contributed by atoms with van der Waals surface area (Å²) in [6.45, 7) is 3.73. The van der Waals surface area contributed by atoms with Crippen LogP contribution in [0.1, 0.15) is 77.2 Å². The first kappa shape index (κ1) is 27.8. The second-order valence-electron chi connectivity index (χ2n) is 10.6. The van der Waals surface area contributed by atoms with Gasteiger partial charge in [0.15, 0.2) is 0 Å². The van der Waals surface area contributed by atoms with E-state index < -0.39 is 5.41 Å². The molecule has 2 heterocycles. The lowest BCUT2D eigenvalue weighted by Crippen LogP contribution is -2.34. The Morgan fingerprint density at radius 3 is 2.63 bits per heavy atom. The van der Waals surface area contributed by atoms with Gasteiger partial charge < -0.3 is 4.74 Å². The molecule has 2 saturated heterocycles. The summed E-state index contributed by atoms with van der Waals surface area (Å²) in [5.74, 6) is 10.1. The van der Waals surface area contributed by atoms with Gasteiger partial charge in [-0.15, -0.1) is 11.8 Å². The van der Waals surface area contributed by atoms with E-state index in [1.165, 1.54) is 42.8 Å². The third kappa shape index (κ3) is 9.01. The number of carbonyl (C=O) groups is 1. The van der Waals surface area contributed by atoms with Crippen LogP contribution in [-0.2, 0) is 16.0 Å². The highest BCUT2D eigenvalue weighted by Gasteiger charge is 2.47. The number of amides is 1. The lowest BCUT2D eigenvalue weighted by Gasteiger charge is -2.27. The number of carbonyl (C=O) groups excluding carboxylic acids is 1. The van der Waals surface area contributed by atoms with Gasteiger partial charge in [0.25, 0.3) is 0 Å². The van der Waals surface area contributed by atoms with Gasteiger partial charge in [0.05, 0.1) is 12.2 Å². The van der Waals surface area contributed by atoms with Crippen LogP contribution in [-0.4, -0.2) is 34.8 Å². The van der Waals surface area contributed by atoms with Crippen molar-refractivity contribution in [3.63, 3.8) is 0 Å². The maximum absolute atomic E-state index is 11.7. The fourth-order valence-electron chi connectivity index (χ4n) is 5.17. The Labute approximate surface area is 216 Å². The van der Waals surface area contributed by atoms with Crippen molar-refractivity contribution in [3.8, 4) is 11.8 Å². The van der Waals surface area contributed by atoms with E-state index >= 15 is 0 Å². The molecule has 1 aromatic rings. The molecule has 4 nitrogen and oxygen atoms in total. The Balaban J connectivity index is 1.27. The standard InChI is InChI=1S/C30H43NO3S/c1-30(2,29(32)31-33)21-13-8-12-18-25-26(28-20-19-27(25)34-28)23-35-22-14-6-4-3-5-9-15-24-16-10-7-11-17-24/h7-8,10-12,16-17,25-28,33H,4,6,9,13-15,18-23H2,1-2H3,(H,31,32)/t25-,26+,27-,28+/m0/s1. The van der Waals surface area contributed by atoms with E-state index in [0.29, 0.717) is 24.0 Å². The summed E-state index contributed by atoms with van der Waals surface area (Å²) in [4.78, 5) is 11.7. The van der Waals surface area contributed by atoms with E-state index in [4.69, 9.17) is 9.94 Å². The SMILES string of the molecule is CC(C)(CCC=CC[C@H]1[C@@H](CSCCCCC#CCCc2ccccc2)[C@H]2CC[C@@H]1O2)C(=O)NO. The number of allylic oxidation sites excluding steroid dienone is 2. The van der Waals surface area contributed by atoms with Gasteiger partial charge in [0, 0.05) is 18.3 Å². The highest BCUT2D eigenvalue weighted by atomic mass is 32.2. The molecule has 2 fully saturated rings. The number of benzene rings is 1. The molecule has 1 amide bonds. The molecule has 0 spiro atoms. The predicted octanol–water partition coefficient (Wildman–Crippen LogP) is 6.58. The summed E-state index contributed by atoms with van der Waals surface area (Å²) in [5, 5.41) is 8.87. The van der Waals surface area contributed by atoms with E-state index in [1.807, 2.05) is 13.8 Å². The smallest absolute Gasteiger partial charge is 0.248 e. The minimum Gasteiger partial charge on any atom is -0.374 e. The van der Waals surface area contributed by atoms with Crippen molar-refractivity contribution in [2.24, 2.45) is 17.3 Å². The van der Waals surface area contributed by atoms with E-state index in [0.717, 1.165) is 38.5 Å². The molecule has 4 atom stereocenters. The van der Waals surface area contributed by atoms with Crippen LogP contribution in [0.4, 0.5) is 0 Å². The van der Waals surface area contributed by atoms with Crippen LogP contribution in [0.15, 0.2) is 42.5 Å². The number of hydroxylamine groups is 1. The highest BCUT2D eigenvalue weighted by molar-refractivity contribution is 7.99. The lowest BCUT2D eigenvalue weighted by molar-refractivity contribution is -0.138. The van der Waals surface area contributed by atoms with E-state index in [-0.39, 0.29) is 5.91 Å². The van der Waals surface area contributed by atoms with Crippen molar-refractivity contribution in [3.05, 3.63) is 48.0 Å². The van der Waals surface area contributed by atoms with E-state index in [1.54, 1.807) is 5.48 Å². The molecular formula is C30H43NO3S. The summed E-state index contributed by atoms with van der Waals surface area (Å²) >= 11 is 2.09. The number of ether oxygens (including phenoxy) is 1. The highest BCUT2D eigenvalue weighted by Crippen LogP contribution is 2.46. The first-order chi connectivity index (χ1) is 17.0. The fourth-order valence-corrected chi connectivity index (χ4v) is 6.48. The summed E-state index contributed by atoms with van der Waals surface area (Å²) in [5.41, 5.74) is 2.59. The Hall–Kier alpha value is -1.74. The van der Waals surface area contributed by atoms with Gasteiger partial charge in [-0.1, -0.05) is 56.3 Å². The quantitative estimate of drug-likeness (QED) is 0.100. The molecule has 5 heteroatoms. The number of nitrogens with one attached hydrogen (secondary N) is 1. The van der Waals surface area contributed by atoms with Crippen LogP contribution in [0.25, 0.3) is 0 Å². The topological polar surface area (TPSA) is 58.6 Å². The molecule has 2 aliphatic rings. The number of fused-ring (bicyclic) bond motifs is 2. The average Bonchev–Trinajstić information content (AvgIpc) is 3.47. The zero-order valence-corrected chi connectivity index (χ0v) is 22.3. The molecule has 0 saturated carbocycles. The van der Waals surface area contributed by atoms with Gasteiger partial charge in [-0.3, -0.25) is 10.0 Å². The Morgan fingerprint density at radius 1 is 1.11 bits per heavy atom. The van der Waals surface area contributed by atoms with Crippen LogP contribution >= 0.6 is 11.8 Å². The minimum atomic E-state index is -0.554. The summed E-state index contributed by atoms with van der Waals surface area (Å²) < 4.78 is 6.27. The van der Waals surface area contributed by atoms with Gasteiger partial charge in [-0.05, 0) is 80.3 Å². The molecule has 192 valence electrons. The lowest BCUT2D eigenvalue weighted by atomic mass is 9.78. The monoisotopic (exact) mass is 497 g/mol. The molecule has 0 aliphatic carbocycles. The molecule has 2 N–H and O–H groups in total. The fraction of sp³-hybridized carbons (Fsp3) is 0.633. The number of unbranched alkanes of at least 4 members (excludes halogenated alkanes) is 2. The van der Waals surface area contributed by atoms with Crippen LogP contribution in [0.2, 0.25) is 0 Å². The van der Waals surface area contributed by atoms with Crippen molar-refractivity contribution in [2.75, 3.05) is 11.5 Å². The number of hydrogen-bond donors (Lipinski definition) is 2. The molecule has 3 rings (SSSR count). The molecule has 0 aromatic heterocycles. The number of thioether (sulfide) groups is 1. The molecule has 35 heavy (non-hydrogen) atoms. The Morgan fingerprint density at radius 2 is 1.86 bits per heavy atom. The van der Waals surface area contributed by atoms with Gasteiger partial charge in [-0.2, -0.15) is 11.8 Å². The van der Waals surface area contributed by atoms with Gasteiger partial charge in [0.2, 0.25) is 5.91 Å². The van der Waals surface area contributed by atoms with E-state index in [9.17, 15) is 4.79 Å². The first-order valence-electron chi connectivity index (χ1n) is 13.3. The summed E-state index contributed by atoms with van der Waals surface area (Å²) in [7, 11) is 0. The second-order valence-corrected chi connectivity index (χ2v) is 11.7. The largest absolute Gasteiger partial charge is 0.374 e. The van der Waals surface area contributed by atoms with Crippen molar-refractivity contribution >= 4 is 17.7 Å². The zero-order valence-electron chi connectivity index (χ0n) is 21.5. The third-order valence-electron chi connectivity index (χ3n) is 7.47. The zero-order chi connectivity index (χ0) is 24.9. The Kier molecular flexibility index (Phi) is 11.7. The van der Waals surface area contributed by atoms with Crippen LogP contribution in [0.3, 0.4) is 0 Å². The maximum atomic E-state index is 11.7. The molecule has 2 bridgehead atoms. The van der Waals surface area contributed by atoms with E-state index in [2.05, 4.69) is 66.1 Å². The molecule has 1 aromatic carbocycles. The molecule has 0 unspecified atom stereocenters. The summed E-state index contributed by atoms with van der Waals surface area (Å²) in [6.07, 6.45) is 15.9. The minimum absolute atomic E-state index is 0.320. The van der Waals surface area contributed by atoms with Crippen LogP contribution < -0.4 is 5.48 Å². The average molecular weight is 498 g/mol. The van der Waals surface area contributed by atoms with Crippen LogP contribution in [0.5, 0.6) is 0 Å². The third-order valence-corrected chi connectivity index (χ3v) is 8.67. The molecular weight excluding hydrogens is 454 g/mol. The van der Waals surface area contributed by atoms with Gasteiger partial charge in [0.1, 0.15) is 0 Å². The summed E-state index contributed by atoms with van der Waals surface area (Å²) in [6, 6.07) is 10.6. The van der Waals surface area contributed by atoms with Crippen molar-refractivity contribution in [1.29, 1.82) is 0 Å². The number of hydrogen-bond acceptors (Lipinski definition) is 4. The Bertz CT molecular complexity index is 857. The van der Waals surface area contributed by atoms with Gasteiger partial charge in [-0.25, -0.2) is 5.48 Å². The van der Waals surface area contributed by atoms with Crippen LogP contribution in [0, 0.1) is 29.1 Å². The maximum Gasteiger partial charge on any atom is 0.248 e. The van der Waals surface area contributed by atoms with Crippen molar-refractivity contribution in [1.82, 2.24) is 5.48 Å². The van der Waals surface area contributed by atoms with Crippen molar-refractivity contribution in [2.45, 2.75) is 90.3 Å². The van der Waals surface area contributed by atoms with Crippen molar-refractivity contribution < 1.29 is 14.7 Å². The molecule has 0 radical (unpaired) electrons. The molecule has 2 aliphatic heterocycles.